The van der Waals surface area contributed by atoms with Crippen molar-refractivity contribution in [2.24, 2.45) is 5.92 Å². The third kappa shape index (κ3) is 2.11. The first kappa shape index (κ1) is 13.2. The van der Waals surface area contributed by atoms with Crippen LogP contribution in [0, 0.1) is 5.92 Å². The van der Waals surface area contributed by atoms with Gasteiger partial charge in [0, 0.05) is 11.8 Å². The summed E-state index contributed by atoms with van der Waals surface area (Å²) >= 11 is 0. The lowest BCUT2D eigenvalue weighted by Crippen LogP contribution is -2.13. The fourth-order valence-corrected chi connectivity index (χ4v) is 3.21. The van der Waals surface area contributed by atoms with E-state index in [1.807, 2.05) is 6.20 Å². The molecule has 0 saturated heterocycles. The van der Waals surface area contributed by atoms with Crippen LogP contribution in [-0.4, -0.2) is 4.98 Å². The standard InChI is InChI=1S/C18H19N3O/c19-17-16-14(9-21-10-15(16)22-18(17)20)13-6-2-5-12(8-13)7-11-3-1-4-11/h2,5-6,8-11H,1,3-4,7,19-20H2. The molecule has 0 aliphatic heterocycles. The van der Waals surface area contributed by atoms with Crippen molar-refractivity contribution in [3.63, 3.8) is 0 Å². The minimum atomic E-state index is 0.259. The van der Waals surface area contributed by atoms with Gasteiger partial charge in [0.2, 0.25) is 5.88 Å². The van der Waals surface area contributed by atoms with Gasteiger partial charge in [0.15, 0.2) is 5.58 Å². The van der Waals surface area contributed by atoms with Crippen LogP contribution in [-0.2, 0) is 6.42 Å². The number of fused-ring (bicyclic) bond motifs is 1. The van der Waals surface area contributed by atoms with Crippen LogP contribution in [0.3, 0.4) is 0 Å². The number of aromatic nitrogens is 1. The second-order valence-corrected chi connectivity index (χ2v) is 6.14. The molecule has 3 aromatic rings. The Labute approximate surface area is 129 Å². The van der Waals surface area contributed by atoms with Crippen LogP contribution >= 0.6 is 0 Å². The van der Waals surface area contributed by atoms with Gasteiger partial charge in [-0.15, -0.1) is 0 Å². The van der Waals surface area contributed by atoms with E-state index in [4.69, 9.17) is 15.9 Å². The summed E-state index contributed by atoms with van der Waals surface area (Å²) in [6.45, 7) is 0. The summed E-state index contributed by atoms with van der Waals surface area (Å²) in [5.41, 5.74) is 16.5. The molecule has 1 aliphatic carbocycles. The highest BCUT2D eigenvalue weighted by atomic mass is 16.3. The van der Waals surface area contributed by atoms with Crippen LogP contribution in [0.4, 0.5) is 11.6 Å². The second kappa shape index (κ2) is 5.05. The lowest BCUT2D eigenvalue weighted by atomic mass is 9.80. The number of hydrogen-bond donors (Lipinski definition) is 2. The van der Waals surface area contributed by atoms with E-state index in [9.17, 15) is 0 Å². The molecule has 0 amide bonds. The first-order valence-corrected chi connectivity index (χ1v) is 7.73. The molecule has 4 rings (SSSR count). The Bertz CT molecular complexity index is 833. The minimum Gasteiger partial charge on any atom is -0.437 e. The first-order valence-electron chi connectivity index (χ1n) is 7.73. The Kier molecular flexibility index (Phi) is 3.03. The van der Waals surface area contributed by atoms with E-state index in [0.29, 0.717) is 11.3 Å². The molecule has 2 heterocycles. The molecule has 0 unspecified atom stereocenters. The quantitative estimate of drug-likeness (QED) is 0.765. The summed E-state index contributed by atoms with van der Waals surface area (Å²) in [5, 5.41) is 0.855. The smallest absolute Gasteiger partial charge is 0.214 e. The lowest BCUT2D eigenvalue weighted by Gasteiger charge is -2.25. The van der Waals surface area contributed by atoms with Crippen molar-refractivity contribution < 1.29 is 4.42 Å². The third-order valence-electron chi connectivity index (χ3n) is 4.65. The lowest BCUT2D eigenvalue weighted by molar-refractivity contribution is 0.314. The average Bonchev–Trinajstić information content (AvgIpc) is 2.78. The first-order chi connectivity index (χ1) is 10.7. The van der Waals surface area contributed by atoms with Gasteiger partial charge in [-0.25, -0.2) is 0 Å². The SMILES string of the molecule is Nc1oc2cncc(-c3cccc(CC4CCC4)c3)c2c1N. The van der Waals surface area contributed by atoms with Gasteiger partial charge in [0.1, 0.15) is 5.69 Å². The van der Waals surface area contributed by atoms with Crippen molar-refractivity contribution in [2.45, 2.75) is 25.7 Å². The minimum absolute atomic E-state index is 0.259. The van der Waals surface area contributed by atoms with Crippen molar-refractivity contribution in [1.29, 1.82) is 0 Å². The zero-order chi connectivity index (χ0) is 15.1. The maximum absolute atomic E-state index is 6.08. The van der Waals surface area contributed by atoms with Crippen LogP contribution in [0.2, 0.25) is 0 Å². The van der Waals surface area contributed by atoms with Crippen molar-refractivity contribution >= 4 is 22.5 Å². The monoisotopic (exact) mass is 293 g/mol. The zero-order valence-electron chi connectivity index (χ0n) is 12.4. The summed E-state index contributed by atoms with van der Waals surface area (Å²) in [5.74, 6) is 1.11. The van der Waals surface area contributed by atoms with Gasteiger partial charge in [-0.1, -0.05) is 43.5 Å². The third-order valence-corrected chi connectivity index (χ3v) is 4.65. The van der Waals surface area contributed by atoms with E-state index in [-0.39, 0.29) is 5.88 Å². The Morgan fingerprint density at radius 2 is 2.05 bits per heavy atom. The average molecular weight is 293 g/mol. The number of nitrogens with two attached hydrogens (primary N) is 2. The van der Waals surface area contributed by atoms with Gasteiger partial charge in [-0.2, -0.15) is 0 Å². The van der Waals surface area contributed by atoms with Crippen LogP contribution in [0.5, 0.6) is 0 Å². The Morgan fingerprint density at radius 3 is 2.82 bits per heavy atom. The molecular weight excluding hydrogens is 274 g/mol. The van der Waals surface area contributed by atoms with E-state index >= 15 is 0 Å². The van der Waals surface area contributed by atoms with Crippen LogP contribution in [0.25, 0.3) is 22.1 Å². The van der Waals surface area contributed by atoms with Crippen molar-refractivity contribution in [1.82, 2.24) is 4.98 Å². The normalized spacial score (nSPS) is 15.1. The van der Waals surface area contributed by atoms with Gasteiger partial charge < -0.3 is 15.9 Å². The summed E-state index contributed by atoms with van der Waals surface area (Å²) in [4.78, 5) is 4.26. The van der Waals surface area contributed by atoms with E-state index in [1.165, 1.54) is 24.8 Å². The highest BCUT2D eigenvalue weighted by molar-refractivity contribution is 6.04. The number of hydrogen-bond acceptors (Lipinski definition) is 4. The number of nitrogen functional groups attached to an aromatic ring is 2. The summed E-state index contributed by atoms with van der Waals surface area (Å²) in [7, 11) is 0. The predicted octanol–water partition coefficient (Wildman–Crippen LogP) is 4.00. The van der Waals surface area contributed by atoms with Gasteiger partial charge in [-0.3, -0.25) is 4.98 Å². The van der Waals surface area contributed by atoms with Crippen LogP contribution in [0.1, 0.15) is 24.8 Å². The van der Waals surface area contributed by atoms with Crippen molar-refractivity contribution in [3.8, 4) is 11.1 Å². The number of nitrogens with zero attached hydrogens (tertiary/aromatic N) is 1. The van der Waals surface area contributed by atoms with Crippen molar-refractivity contribution in [3.05, 3.63) is 42.2 Å². The topological polar surface area (TPSA) is 78.1 Å². The molecule has 1 aliphatic rings. The van der Waals surface area contributed by atoms with E-state index < -0.39 is 0 Å². The molecular formula is C18H19N3O. The highest BCUT2D eigenvalue weighted by Gasteiger charge is 2.18. The highest BCUT2D eigenvalue weighted by Crippen LogP contribution is 2.38. The van der Waals surface area contributed by atoms with Crippen LogP contribution < -0.4 is 11.5 Å². The number of pyridine rings is 1. The maximum atomic E-state index is 6.08. The number of anilines is 2. The molecule has 1 saturated carbocycles. The molecule has 4 heteroatoms. The fourth-order valence-electron chi connectivity index (χ4n) is 3.21. The van der Waals surface area contributed by atoms with Gasteiger partial charge in [0.25, 0.3) is 0 Å². The maximum Gasteiger partial charge on any atom is 0.214 e. The summed E-state index contributed by atoms with van der Waals surface area (Å²) in [6, 6.07) is 8.62. The van der Waals surface area contributed by atoms with E-state index in [1.54, 1.807) is 6.20 Å². The fraction of sp³-hybridized carbons (Fsp3) is 0.278. The summed E-state index contributed by atoms with van der Waals surface area (Å²) < 4.78 is 5.47. The molecule has 1 fully saturated rings. The zero-order valence-corrected chi connectivity index (χ0v) is 12.4. The Hall–Kier alpha value is -2.49. The molecule has 0 spiro atoms. The van der Waals surface area contributed by atoms with Crippen LogP contribution in [0.15, 0.2) is 41.1 Å². The molecule has 22 heavy (non-hydrogen) atoms. The predicted molar refractivity (Wildman–Crippen MR) is 89.3 cm³/mol. The molecule has 4 N–H and O–H groups in total. The molecule has 2 aromatic heterocycles. The largest absolute Gasteiger partial charge is 0.437 e. The molecule has 4 nitrogen and oxygen atoms in total. The van der Waals surface area contributed by atoms with E-state index in [0.717, 1.165) is 28.9 Å². The molecule has 112 valence electrons. The van der Waals surface area contributed by atoms with E-state index in [2.05, 4.69) is 29.2 Å². The molecule has 0 atom stereocenters. The Morgan fingerprint density at radius 1 is 1.18 bits per heavy atom. The van der Waals surface area contributed by atoms with Gasteiger partial charge >= 0.3 is 0 Å². The Balaban J connectivity index is 1.79. The number of benzene rings is 1. The molecule has 0 bridgehead atoms. The second-order valence-electron chi connectivity index (χ2n) is 6.14. The van der Waals surface area contributed by atoms with Gasteiger partial charge in [0.05, 0.1) is 11.6 Å². The van der Waals surface area contributed by atoms with Gasteiger partial charge in [-0.05, 0) is 23.5 Å². The number of rotatable bonds is 3. The molecule has 0 radical (unpaired) electrons. The van der Waals surface area contributed by atoms with Crippen molar-refractivity contribution in [2.75, 3.05) is 11.5 Å². The summed E-state index contributed by atoms with van der Waals surface area (Å²) in [6.07, 6.45) is 8.72. The molecule has 1 aromatic carbocycles. The number of furan rings is 1.